The Morgan fingerprint density at radius 2 is 1.75 bits per heavy atom. The van der Waals surface area contributed by atoms with Gasteiger partial charge in [-0.25, -0.2) is 15.0 Å². The van der Waals surface area contributed by atoms with Crippen LogP contribution >= 0.6 is 11.3 Å². The molecule has 2 aromatic rings. The van der Waals surface area contributed by atoms with Crippen LogP contribution in [0, 0.1) is 33.6 Å². The fraction of sp³-hybridized carbons (Fsp3) is 0.529. The van der Waals surface area contributed by atoms with Gasteiger partial charge in [-0.1, -0.05) is 0 Å². The standard InChI is InChI=1S/C17H23N5OS/c1-10-9-11(2)19-16(18-10)22-7-5-14(6-8-22)15(23)21-17-20-12(3)13(4)24-17/h9,14H,5-8H2,1-4H3,(H,20,21,23). The average Bonchev–Trinajstić information content (AvgIpc) is 2.84. The highest BCUT2D eigenvalue weighted by Crippen LogP contribution is 2.25. The number of carbonyl (C=O) groups is 1. The van der Waals surface area contributed by atoms with Crippen molar-refractivity contribution < 1.29 is 4.79 Å². The third-order valence-corrected chi connectivity index (χ3v) is 5.37. The van der Waals surface area contributed by atoms with Gasteiger partial charge in [-0.3, -0.25) is 4.79 Å². The van der Waals surface area contributed by atoms with E-state index in [2.05, 4.69) is 25.2 Å². The number of amides is 1. The molecule has 1 aliphatic heterocycles. The number of rotatable bonds is 3. The van der Waals surface area contributed by atoms with Gasteiger partial charge in [-0.05, 0) is 46.6 Å². The van der Waals surface area contributed by atoms with E-state index in [0.29, 0.717) is 5.13 Å². The van der Waals surface area contributed by atoms with Crippen LogP contribution in [-0.4, -0.2) is 33.9 Å². The molecule has 0 aliphatic carbocycles. The first-order valence-electron chi connectivity index (χ1n) is 8.24. The molecular formula is C17H23N5OS. The third-order valence-electron chi connectivity index (χ3n) is 4.38. The van der Waals surface area contributed by atoms with Crippen LogP contribution in [0.5, 0.6) is 0 Å². The van der Waals surface area contributed by atoms with Crippen molar-refractivity contribution >= 4 is 28.3 Å². The van der Waals surface area contributed by atoms with Crippen molar-refractivity contribution in [3.63, 3.8) is 0 Å². The van der Waals surface area contributed by atoms with Crippen molar-refractivity contribution in [3.8, 4) is 0 Å². The molecule has 0 aromatic carbocycles. The quantitative estimate of drug-likeness (QED) is 0.926. The van der Waals surface area contributed by atoms with E-state index in [1.54, 1.807) is 0 Å². The van der Waals surface area contributed by atoms with Gasteiger partial charge >= 0.3 is 0 Å². The highest BCUT2D eigenvalue weighted by atomic mass is 32.1. The lowest BCUT2D eigenvalue weighted by atomic mass is 9.96. The van der Waals surface area contributed by atoms with Crippen molar-refractivity contribution in [1.82, 2.24) is 15.0 Å². The molecule has 0 spiro atoms. The first-order chi connectivity index (χ1) is 11.4. The molecular weight excluding hydrogens is 322 g/mol. The molecule has 3 heterocycles. The minimum absolute atomic E-state index is 0.0247. The number of anilines is 2. The Morgan fingerprint density at radius 3 is 2.29 bits per heavy atom. The highest BCUT2D eigenvalue weighted by Gasteiger charge is 2.27. The number of piperidine rings is 1. The summed E-state index contributed by atoms with van der Waals surface area (Å²) < 4.78 is 0. The van der Waals surface area contributed by atoms with Gasteiger partial charge in [0.25, 0.3) is 0 Å². The summed E-state index contributed by atoms with van der Waals surface area (Å²) in [5, 5.41) is 3.67. The number of hydrogen-bond acceptors (Lipinski definition) is 6. The minimum Gasteiger partial charge on any atom is -0.341 e. The number of nitrogens with one attached hydrogen (secondary N) is 1. The molecule has 1 amide bonds. The van der Waals surface area contributed by atoms with Crippen LogP contribution in [-0.2, 0) is 4.79 Å². The minimum atomic E-state index is 0.0247. The lowest BCUT2D eigenvalue weighted by molar-refractivity contribution is -0.120. The molecule has 1 N–H and O–H groups in total. The first-order valence-corrected chi connectivity index (χ1v) is 9.06. The zero-order valence-corrected chi connectivity index (χ0v) is 15.4. The van der Waals surface area contributed by atoms with Crippen molar-refractivity contribution in [2.24, 2.45) is 5.92 Å². The number of aromatic nitrogens is 3. The first kappa shape index (κ1) is 16.8. The van der Waals surface area contributed by atoms with Crippen LogP contribution in [0.1, 0.15) is 34.8 Å². The van der Waals surface area contributed by atoms with Gasteiger partial charge in [0.15, 0.2) is 5.13 Å². The molecule has 0 bridgehead atoms. The fourth-order valence-corrected chi connectivity index (χ4v) is 3.74. The predicted molar refractivity (Wildman–Crippen MR) is 96.7 cm³/mol. The Kier molecular flexibility index (Phi) is 4.80. The van der Waals surface area contributed by atoms with E-state index in [-0.39, 0.29) is 11.8 Å². The second kappa shape index (κ2) is 6.84. The van der Waals surface area contributed by atoms with Crippen LogP contribution in [0.15, 0.2) is 6.07 Å². The van der Waals surface area contributed by atoms with Gasteiger partial charge in [0.2, 0.25) is 11.9 Å². The number of aryl methyl sites for hydroxylation is 4. The molecule has 2 aromatic heterocycles. The van der Waals surface area contributed by atoms with E-state index < -0.39 is 0 Å². The second-order valence-electron chi connectivity index (χ2n) is 6.36. The van der Waals surface area contributed by atoms with Crippen LogP contribution in [0.4, 0.5) is 11.1 Å². The smallest absolute Gasteiger partial charge is 0.229 e. The molecule has 1 fully saturated rings. The van der Waals surface area contributed by atoms with E-state index in [4.69, 9.17) is 0 Å². The normalized spacial score (nSPS) is 15.6. The molecule has 24 heavy (non-hydrogen) atoms. The highest BCUT2D eigenvalue weighted by molar-refractivity contribution is 7.15. The van der Waals surface area contributed by atoms with Crippen molar-refractivity contribution in [2.75, 3.05) is 23.3 Å². The Morgan fingerprint density at radius 1 is 1.12 bits per heavy atom. The maximum atomic E-state index is 12.4. The van der Waals surface area contributed by atoms with Crippen LogP contribution < -0.4 is 10.2 Å². The van der Waals surface area contributed by atoms with Crippen molar-refractivity contribution in [2.45, 2.75) is 40.5 Å². The second-order valence-corrected chi connectivity index (χ2v) is 7.57. The zero-order chi connectivity index (χ0) is 17.3. The maximum Gasteiger partial charge on any atom is 0.229 e. The average molecular weight is 345 g/mol. The summed E-state index contributed by atoms with van der Waals surface area (Å²) in [7, 11) is 0. The molecule has 0 saturated carbocycles. The van der Waals surface area contributed by atoms with Crippen LogP contribution in [0.25, 0.3) is 0 Å². The monoisotopic (exact) mass is 345 g/mol. The van der Waals surface area contributed by atoms with E-state index in [9.17, 15) is 4.79 Å². The summed E-state index contributed by atoms with van der Waals surface area (Å²) in [5.41, 5.74) is 2.94. The Hall–Kier alpha value is -2.02. The van der Waals surface area contributed by atoms with Gasteiger partial charge in [-0.15, -0.1) is 11.3 Å². The molecule has 7 heteroatoms. The van der Waals surface area contributed by atoms with Crippen molar-refractivity contribution in [1.29, 1.82) is 0 Å². The van der Waals surface area contributed by atoms with Gasteiger partial charge in [0, 0.05) is 35.3 Å². The molecule has 128 valence electrons. The van der Waals surface area contributed by atoms with E-state index in [1.165, 1.54) is 11.3 Å². The molecule has 6 nitrogen and oxygen atoms in total. The Labute approximate surface area is 146 Å². The molecule has 0 unspecified atom stereocenters. The predicted octanol–water partition coefficient (Wildman–Crippen LogP) is 3.02. The SMILES string of the molecule is Cc1cc(C)nc(N2CCC(C(=O)Nc3nc(C)c(C)s3)CC2)n1. The van der Waals surface area contributed by atoms with E-state index in [1.807, 2.05) is 33.8 Å². The van der Waals surface area contributed by atoms with Crippen LogP contribution in [0.2, 0.25) is 0 Å². The molecule has 1 saturated heterocycles. The van der Waals surface area contributed by atoms with Crippen molar-refractivity contribution in [3.05, 3.63) is 28.0 Å². The largest absolute Gasteiger partial charge is 0.341 e. The molecule has 0 radical (unpaired) electrons. The van der Waals surface area contributed by atoms with Gasteiger partial charge in [-0.2, -0.15) is 0 Å². The lowest BCUT2D eigenvalue weighted by Crippen LogP contribution is -2.39. The van der Waals surface area contributed by atoms with Gasteiger partial charge in [0.1, 0.15) is 0 Å². The summed E-state index contributed by atoms with van der Waals surface area (Å²) in [6.45, 7) is 9.55. The Bertz CT molecular complexity index is 710. The lowest BCUT2D eigenvalue weighted by Gasteiger charge is -2.31. The van der Waals surface area contributed by atoms with E-state index >= 15 is 0 Å². The molecule has 1 aliphatic rings. The van der Waals surface area contributed by atoms with Gasteiger partial charge in [0.05, 0.1) is 5.69 Å². The molecule has 0 atom stereocenters. The summed E-state index contributed by atoms with van der Waals surface area (Å²) in [5.74, 6) is 0.874. The topological polar surface area (TPSA) is 71.0 Å². The number of carbonyl (C=O) groups excluding carboxylic acids is 1. The summed E-state index contributed by atoms with van der Waals surface area (Å²) >= 11 is 1.53. The number of nitrogens with zero attached hydrogens (tertiary/aromatic N) is 4. The maximum absolute atomic E-state index is 12.4. The summed E-state index contributed by atoms with van der Waals surface area (Å²) in [4.78, 5) is 29.2. The summed E-state index contributed by atoms with van der Waals surface area (Å²) in [6.07, 6.45) is 1.62. The molecule has 3 rings (SSSR count). The fourth-order valence-electron chi connectivity index (χ4n) is 2.92. The van der Waals surface area contributed by atoms with Gasteiger partial charge < -0.3 is 10.2 Å². The Balaban J connectivity index is 1.59. The number of hydrogen-bond donors (Lipinski definition) is 1. The van der Waals surface area contributed by atoms with Crippen LogP contribution in [0.3, 0.4) is 0 Å². The zero-order valence-electron chi connectivity index (χ0n) is 14.6. The summed E-state index contributed by atoms with van der Waals surface area (Å²) in [6, 6.07) is 1.97. The number of thiazole rings is 1. The van der Waals surface area contributed by atoms with E-state index in [0.717, 1.165) is 53.8 Å². The third kappa shape index (κ3) is 3.72.